The van der Waals surface area contributed by atoms with Gasteiger partial charge in [-0.3, -0.25) is 4.79 Å². The summed E-state index contributed by atoms with van der Waals surface area (Å²) in [6.07, 6.45) is 0. The van der Waals surface area contributed by atoms with Crippen molar-refractivity contribution in [3.63, 3.8) is 0 Å². The van der Waals surface area contributed by atoms with E-state index in [0.717, 1.165) is 21.8 Å². The van der Waals surface area contributed by atoms with Crippen molar-refractivity contribution in [1.29, 1.82) is 0 Å². The quantitative estimate of drug-likeness (QED) is 0.760. The van der Waals surface area contributed by atoms with Gasteiger partial charge in [0.15, 0.2) is 0 Å². The van der Waals surface area contributed by atoms with Gasteiger partial charge in [-0.25, -0.2) is 4.98 Å². The lowest BCUT2D eigenvalue weighted by Gasteiger charge is -2.05. The number of hydrogen-bond donors (Lipinski definition) is 1. The van der Waals surface area contributed by atoms with Crippen LogP contribution in [0.4, 0.5) is 5.69 Å². The first-order valence-electron chi connectivity index (χ1n) is 6.63. The Labute approximate surface area is 136 Å². The zero-order valence-electron chi connectivity index (χ0n) is 11.9. The van der Waals surface area contributed by atoms with Gasteiger partial charge >= 0.3 is 0 Å². The number of methoxy groups -OCH3 is 1. The zero-order chi connectivity index (χ0) is 15.4. The van der Waals surface area contributed by atoms with Crippen molar-refractivity contribution >= 4 is 34.3 Å². The van der Waals surface area contributed by atoms with Crippen molar-refractivity contribution in [1.82, 2.24) is 4.98 Å². The first-order valence-corrected chi connectivity index (χ1v) is 8.46. The Morgan fingerprint density at radius 3 is 3.00 bits per heavy atom. The maximum absolute atomic E-state index is 12.3. The maximum atomic E-state index is 12.3. The molecule has 2 aromatic heterocycles. The lowest BCUT2D eigenvalue weighted by Crippen LogP contribution is -2.12. The summed E-state index contributed by atoms with van der Waals surface area (Å²) in [4.78, 5) is 16.7. The van der Waals surface area contributed by atoms with Crippen LogP contribution >= 0.6 is 22.7 Å². The van der Waals surface area contributed by atoms with E-state index in [1.54, 1.807) is 23.8 Å². The molecule has 0 aliphatic carbocycles. The fourth-order valence-electron chi connectivity index (χ4n) is 2.00. The highest BCUT2D eigenvalue weighted by molar-refractivity contribution is 7.14. The molecule has 112 valence electrons. The standard InChI is InChI=1S/C16H14N2O2S2/c1-20-8-11-3-2-4-13(7-11)17-15(19)14-10-22-16(18-14)12-5-6-21-9-12/h2-7,9-10H,8H2,1H3,(H,17,19). The molecule has 0 spiro atoms. The predicted octanol–water partition coefficient (Wildman–Crippen LogP) is 4.27. The Balaban J connectivity index is 1.73. The first kappa shape index (κ1) is 14.9. The minimum atomic E-state index is -0.202. The SMILES string of the molecule is COCc1cccc(NC(=O)c2csc(-c3ccsc3)n2)c1. The summed E-state index contributed by atoms with van der Waals surface area (Å²) in [7, 11) is 1.65. The Morgan fingerprint density at radius 1 is 1.32 bits per heavy atom. The lowest BCUT2D eigenvalue weighted by atomic mass is 10.2. The van der Waals surface area contributed by atoms with Crippen LogP contribution in [0.3, 0.4) is 0 Å². The van der Waals surface area contributed by atoms with Gasteiger partial charge in [-0.05, 0) is 29.1 Å². The minimum absolute atomic E-state index is 0.202. The average molecular weight is 330 g/mol. The number of nitrogens with zero attached hydrogens (tertiary/aromatic N) is 1. The average Bonchev–Trinajstić information content (AvgIpc) is 3.19. The van der Waals surface area contributed by atoms with Crippen molar-refractivity contribution in [3.05, 3.63) is 57.7 Å². The topological polar surface area (TPSA) is 51.2 Å². The number of aromatic nitrogens is 1. The normalized spacial score (nSPS) is 10.6. The van der Waals surface area contributed by atoms with Crippen molar-refractivity contribution in [2.45, 2.75) is 6.61 Å². The van der Waals surface area contributed by atoms with E-state index in [-0.39, 0.29) is 5.91 Å². The molecule has 3 aromatic rings. The number of hydrogen-bond acceptors (Lipinski definition) is 5. The molecule has 0 atom stereocenters. The predicted molar refractivity (Wildman–Crippen MR) is 90.5 cm³/mol. The number of carbonyl (C=O) groups is 1. The molecule has 0 aliphatic heterocycles. The van der Waals surface area contributed by atoms with Crippen LogP contribution in [0, 0.1) is 0 Å². The first-order chi connectivity index (χ1) is 10.8. The van der Waals surface area contributed by atoms with Crippen LogP contribution in [0.15, 0.2) is 46.5 Å². The van der Waals surface area contributed by atoms with Crippen LogP contribution in [-0.4, -0.2) is 18.0 Å². The van der Waals surface area contributed by atoms with Crippen LogP contribution < -0.4 is 5.32 Å². The number of thiazole rings is 1. The number of nitrogens with one attached hydrogen (secondary N) is 1. The zero-order valence-corrected chi connectivity index (χ0v) is 13.5. The van der Waals surface area contributed by atoms with Gasteiger partial charge in [-0.2, -0.15) is 11.3 Å². The number of benzene rings is 1. The number of amides is 1. The van der Waals surface area contributed by atoms with Crippen LogP contribution in [0.5, 0.6) is 0 Å². The molecule has 0 bridgehead atoms. The molecule has 0 fully saturated rings. The molecular weight excluding hydrogens is 316 g/mol. The maximum Gasteiger partial charge on any atom is 0.275 e. The van der Waals surface area contributed by atoms with Gasteiger partial charge in [0.1, 0.15) is 10.7 Å². The molecule has 2 heterocycles. The van der Waals surface area contributed by atoms with Crippen LogP contribution in [0.1, 0.15) is 16.1 Å². The molecule has 0 saturated heterocycles. The van der Waals surface area contributed by atoms with Gasteiger partial charge in [0.05, 0.1) is 6.61 Å². The Hall–Kier alpha value is -2.02. The summed E-state index contributed by atoms with van der Waals surface area (Å²) in [5.41, 5.74) is 3.24. The van der Waals surface area contributed by atoms with E-state index in [1.807, 2.05) is 41.1 Å². The number of rotatable bonds is 5. The summed E-state index contributed by atoms with van der Waals surface area (Å²) < 4.78 is 5.09. The monoisotopic (exact) mass is 330 g/mol. The number of carbonyl (C=O) groups excluding carboxylic acids is 1. The van der Waals surface area contributed by atoms with Gasteiger partial charge in [0.25, 0.3) is 5.91 Å². The molecule has 1 amide bonds. The van der Waals surface area contributed by atoms with E-state index in [9.17, 15) is 4.79 Å². The largest absolute Gasteiger partial charge is 0.380 e. The smallest absolute Gasteiger partial charge is 0.275 e. The van der Waals surface area contributed by atoms with E-state index in [4.69, 9.17) is 4.74 Å². The Kier molecular flexibility index (Phi) is 4.62. The minimum Gasteiger partial charge on any atom is -0.380 e. The lowest BCUT2D eigenvalue weighted by molar-refractivity contribution is 0.102. The highest BCUT2D eigenvalue weighted by Gasteiger charge is 2.12. The second kappa shape index (κ2) is 6.83. The number of anilines is 1. The molecule has 0 radical (unpaired) electrons. The van der Waals surface area contributed by atoms with E-state index in [1.165, 1.54) is 11.3 Å². The van der Waals surface area contributed by atoms with Gasteiger partial charge in [0.2, 0.25) is 0 Å². The summed E-state index contributed by atoms with van der Waals surface area (Å²) in [5, 5.41) is 9.53. The van der Waals surface area contributed by atoms with Crippen LogP contribution in [-0.2, 0) is 11.3 Å². The van der Waals surface area contributed by atoms with E-state index in [0.29, 0.717) is 12.3 Å². The van der Waals surface area contributed by atoms with Gasteiger partial charge in [-0.15, -0.1) is 11.3 Å². The molecule has 22 heavy (non-hydrogen) atoms. The summed E-state index contributed by atoms with van der Waals surface area (Å²) in [6, 6.07) is 9.59. The Morgan fingerprint density at radius 2 is 2.23 bits per heavy atom. The molecule has 1 N–H and O–H groups in total. The highest BCUT2D eigenvalue weighted by Crippen LogP contribution is 2.26. The van der Waals surface area contributed by atoms with Crippen molar-refractivity contribution < 1.29 is 9.53 Å². The van der Waals surface area contributed by atoms with Crippen molar-refractivity contribution in [2.24, 2.45) is 0 Å². The van der Waals surface area contributed by atoms with Gasteiger partial charge in [0, 0.05) is 29.1 Å². The number of ether oxygens (including phenoxy) is 1. The molecule has 0 aliphatic rings. The highest BCUT2D eigenvalue weighted by atomic mass is 32.1. The summed E-state index contributed by atoms with van der Waals surface area (Å²) in [6.45, 7) is 0.517. The molecule has 0 unspecified atom stereocenters. The van der Waals surface area contributed by atoms with Crippen LogP contribution in [0.25, 0.3) is 10.6 Å². The molecule has 4 nitrogen and oxygen atoms in total. The van der Waals surface area contributed by atoms with E-state index in [2.05, 4.69) is 10.3 Å². The third-order valence-electron chi connectivity index (χ3n) is 3.00. The molecule has 3 rings (SSSR count). The third kappa shape index (κ3) is 3.41. The van der Waals surface area contributed by atoms with E-state index >= 15 is 0 Å². The van der Waals surface area contributed by atoms with Crippen molar-refractivity contribution in [2.75, 3.05) is 12.4 Å². The molecule has 6 heteroatoms. The van der Waals surface area contributed by atoms with Crippen molar-refractivity contribution in [3.8, 4) is 10.6 Å². The second-order valence-electron chi connectivity index (χ2n) is 4.64. The summed E-state index contributed by atoms with van der Waals surface area (Å²) in [5.74, 6) is -0.202. The number of thiophene rings is 1. The van der Waals surface area contributed by atoms with Crippen LogP contribution in [0.2, 0.25) is 0 Å². The molecule has 1 aromatic carbocycles. The fraction of sp³-hybridized carbons (Fsp3) is 0.125. The molecular formula is C16H14N2O2S2. The third-order valence-corrected chi connectivity index (χ3v) is 4.58. The second-order valence-corrected chi connectivity index (χ2v) is 6.28. The van der Waals surface area contributed by atoms with Gasteiger partial charge < -0.3 is 10.1 Å². The summed E-state index contributed by atoms with van der Waals surface area (Å²) >= 11 is 3.09. The molecule has 0 saturated carbocycles. The Bertz CT molecular complexity index is 766. The van der Waals surface area contributed by atoms with Gasteiger partial charge in [-0.1, -0.05) is 12.1 Å². The van der Waals surface area contributed by atoms with E-state index < -0.39 is 0 Å². The fourth-order valence-corrected chi connectivity index (χ4v) is 3.51.